The van der Waals surface area contributed by atoms with E-state index in [0.29, 0.717) is 15.6 Å². The first-order valence-electron chi connectivity index (χ1n) is 15.6. The molecule has 0 saturated heterocycles. The summed E-state index contributed by atoms with van der Waals surface area (Å²) in [7, 11) is -8.56. The highest BCUT2D eigenvalue weighted by atomic mass is 79.9. The van der Waals surface area contributed by atoms with Crippen molar-refractivity contribution >= 4 is 70.4 Å². The second-order valence-corrected chi connectivity index (χ2v) is 19.9. The van der Waals surface area contributed by atoms with Crippen LogP contribution in [0.5, 0.6) is 0 Å². The van der Waals surface area contributed by atoms with Crippen molar-refractivity contribution in [2.75, 3.05) is 0 Å². The predicted molar refractivity (Wildman–Crippen MR) is 200 cm³/mol. The Kier molecular flexibility index (Phi) is 11.8. The van der Waals surface area contributed by atoms with E-state index in [1.165, 1.54) is 24.3 Å². The molecule has 260 valence electrons. The van der Waals surface area contributed by atoms with Crippen molar-refractivity contribution in [2.45, 2.75) is 72.1 Å². The number of benzene rings is 4. The van der Waals surface area contributed by atoms with Crippen LogP contribution in [0.25, 0.3) is 0 Å². The molecule has 6 nitrogen and oxygen atoms in total. The largest absolute Gasteiger partial charge is 0.299 e. The summed E-state index contributed by atoms with van der Waals surface area (Å²) in [6.45, 7) is 8.29. The van der Waals surface area contributed by atoms with E-state index < -0.39 is 63.3 Å². The van der Waals surface area contributed by atoms with Gasteiger partial charge in [-0.3, -0.25) is 9.59 Å². The number of hydrogen-bond acceptors (Lipinski definition) is 6. The maximum atomic E-state index is 15.1. The van der Waals surface area contributed by atoms with Crippen LogP contribution in [0.15, 0.2) is 119 Å². The van der Waals surface area contributed by atoms with E-state index in [1.54, 1.807) is 120 Å². The van der Waals surface area contributed by atoms with Crippen LogP contribution < -0.4 is 0 Å². The van der Waals surface area contributed by atoms with Crippen LogP contribution in [0.1, 0.15) is 63.8 Å². The van der Waals surface area contributed by atoms with Crippen molar-refractivity contribution in [3.63, 3.8) is 0 Å². The summed E-state index contributed by atoms with van der Waals surface area (Å²) in [6, 6.07) is 28.1. The van der Waals surface area contributed by atoms with Gasteiger partial charge in [-0.15, -0.1) is 0 Å². The van der Waals surface area contributed by atoms with Crippen molar-refractivity contribution in [3.05, 3.63) is 130 Å². The van der Waals surface area contributed by atoms with Gasteiger partial charge in [-0.05, 0) is 66.1 Å². The molecule has 0 fully saturated rings. The summed E-state index contributed by atoms with van der Waals surface area (Å²) in [5.41, 5.74) is -1.84. The SMILES string of the molecule is CC(C)(C)C(=O)C(Br)C(CC(C)(C)C(=O)CC(c1ccc(Cl)cc1)S(=O)(=O)c1ccccc1)(c1ccc(Cl)cc1)S(=O)(=O)c1ccccc1. The molecule has 0 aliphatic carbocycles. The minimum absolute atomic E-state index is 0.0370. The molecule has 4 aromatic rings. The van der Waals surface area contributed by atoms with Crippen LogP contribution in [0.4, 0.5) is 0 Å². The molecular formula is C38H39BrCl2O6S2. The highest BCUT2D eigenvalue weighted by Crippen LogP contribution is 2.52. The molecule has 4 rings (SSSR count). The highest BCUT2D eigenvalue weighted by molar-refractivity contribution is 9.10. The highest BCUT2D eigenvalue weighted by Gasteiger charge is 2.58. The lowest BCUT2D eigenvalue weighted by molar-refractivity contribution is -0.130. The van der Waals surface area contributed by atoms with Gasteiger partial charge in [-0.25, -0.2) is 16.8 Å². The lowest BCUT2D eigenvalue weighted by atomic mass is 9.71. The van der Waals surface area contributed by atoms with Gasteiger partial charge in [-0.2, -0.15) is 0 Å². The summed E-state index contributed by atoms with van der Waals surface area (Å²) in [4.78, 5) is 27.4. The predicted octanol–water partition coefficient (Wildman–Crippen LogP) is 9.63. The Morgan fingerprint density at radius 2 is 1.12 bits per heavy atom. The van der Waals surface area contributed by atoms with Crippen molar-refractivity contribution < 1.29 is 26.4 Å². The molecule has 0 aliphatic heterocycles. The number of carbonyl (C=O) groups is 2. The summed E-state index contributed by atoms with van der Waals surface area (Å²) >= 11 is 16.0. The first kappa shape index (κ1) is 39.0. The fraction of sp³-hybridized carbons (Fsp3) is 0.316. The number of alkyl halides is 1. The maximum absolute atomic E-state index is 15.1. The van der Waals surface area contributed by atoms with Crippen LogP contribution in [0.3, 0.4) is 0 Å². The number of carbonyl (C=O) groups excluding carboxylic acids is 2. The summed E-state index contributed by atoms with van der Waals surface area (Å²) in [6.07, 6.45) is -0.831. The molecule has 0 spiro atoms. The van der Waals surface area contributed by atoms with Crippen molar-refractivity contribution in [3.8, 4) is 0 Å². The molecule has 0 aromatic heterocycles. The van der Waals surface area contributed by atoms with Crippen LogP contribution in [0, 0.1) is 10.8 Å². The molecule has 0 radical (unpaired) electrons. The van der Waals surface area contributed by atoms with Gasteiger partial charge < -0.3 is 0 Å². The molecule has 49 heavy (non-hydrogen) atoms. The molecule has 0 heterocycles. The standard InChI is InChI=1S/C38H39BrCl2O6S2/c1-36(2,3)35(43)34(39)38(27-18-22-29(41)23-19-27,49(46,47)31-14-10-7-11-15-31)25-37(4,5)33(42)24-32(26-16-20-28(40)21-17-26)48(44,45)30-12-8-6-9-13-30/h6-23,32,34H,24-25H2,1-5H3. The lowest BCUT2D eigenvalue weighted by Crippen LogP contribution is -2.53. The smallest absolute Gasteiger partial charge is 0.189 e. The monoisotopic (exact) mass is 804 g/mol. The zero-order valence-corrected chi connectivity index (χ0v) is 32.6. The average Bonchev–Trinajstić information content (AvgIpc) is 3.06. The van der Waals surface area contributed by atoms with Gasteiger partial charge in [0.1, 0.15) is 10.5 Å². The third-order valence-corrected chi connectivity index (χ3v) is 15.4. The fourth-order valence-corrected chi connectivity index (χ4v) is 12.1. The average molecular weight is 807 g/mol. The summed E-state index contributed by atoms with van der Waals surface area (Å²) in [5.74, 6) is -0.896. The Bertz CT molecular complexity index is 2010. The van der Waals surface area contributed by atoms with Gasteiger partial charge in [0.05, 0.1) is 19.9 Å². The summed E-state index contributed by atoms with van der Waals surface area (Å²) < 4.78 is 56.4. The van der Waals surface area contributed by atoms with Crippen molar-refractivity contribution in [1.82, 2.24) is 0 Å². The van der Waals surface area contributed by atoms with Gasteiger partial charge in [0.15, 0.2) is 25.5 Å². The molecule has 0 saturated carbocycles. The van der Waals surface area contributed by atoms with Gasteiger partial charge in [-0.1, -0.05) is 134 Å². The first-order chi connectivity index (χ1) is 22.7. The van der Waals surface area contributed by atoms with Gasteiger partial charge in [0, 0.05) is 27.3 Å². The van der Waals surface area contributed by atoms with E-state index >= 15 is 8.42 Å². The van der Waals surface area contributed by atoms with E-state index in [4.69, 9.17) is 23.2 Å². The minimum Gasteiger partial charge on any atom is -0.299 e. The molecule has 11 heteroatoms. The number of Topliss-reactive ketones (excluding diaryl/α,β-unsaturated/α-hetero) is 2. The van der Waals surface area contributed by atoms with Crippen LogP contribution >= 0.6 is 39.1 Å². The second kappa shape index (κ2) is 14.8. The van der Waals surface area contributed by atoms with E-state index in [-0.39, 0.29) is 21.8 Å². The summed E-state index contributed by atoms with van der Waals surface area (Å²) in [5, 5.41) is -0.544. The third kappa shape index (κ3) is 8.07. The van der Waals surface area contributed by atoms with Crippen LogP contribution in [0.2, 0.25) is 10.0 Å². The van der Waals surface area contributed by atoms with E-state index in [0.717, 1.165) is 0 Å². The minimum atomic E-state index is -4.45. The zero-order chi connectivity index (χ0) is 36.4. The zero-order valence-electron chi connectivity index (χ0n) is 27.9. The van der Waals surface area contributed by atoms with Crippen molar-refractivity contribution in [2.24, 2.45) is 10.8 Å². The molecule has 0 amide bonds. The third-order valence-electron chi connectivity index (χ3n) is 8.76. The van der Waals surface area contributed by atoms with Gasteiger partial charge in [0.25, 0.3) is 0 Å². The molecule has 0 N–H and O–H groups in total. The quantitative estimate of drug-likeness (QED) is 0.125. The topological polar surface area (TPSA) is 102 Å². The Labute approximate surface area is 308 Å². The first-order valence-corrected chi connectivity index (χ1v) is 20.3. The molecule has 4 aromatic carbocycles. The Morgan fingerprint density at radius 3 is 1.59 bits per heavy atom. The van der Waals surface area contributed by atoms with Crippen LogP contribution in [-0.4, -0.2) is 33.2 Å². The van der Waals surface area contributed by atoms with E-state index in [1.807, 2.05) is 0 Å². The lowest BCUT2D eigenvalue weighted by Gasteiger charge is -2.43. The number of halogens is 3. The number of rotatable bonds is 13. The molecule has 3 atom stereocenters. The Hall–Kier alpha value is -2.82. The number of sulfone groups is 2. The van der Waals surface area contributed by atoms with Crippen LogP contribution in [-0.2, 0) is 34.0 Å². The van der Waals surface area contributed by atoms with Gasteiger partial charge >= 0.3 is 0 Å². The molecule has 3 unspecified atom stereocenters. The van der Waals surface area contributed by atoms with Gasteiger partial charge in [0.2, 0.25) is 0 Å². The maximum Gasteiger partial charge on any atom is 0.189 e. The normalized spacial score (nSPS) is 15.2. The van der Waals surface area contributed by atoms with E-state index in [9.17, 15) is 18.0 Å². The number of hydrogen-bond donors (Lipinski definition) is 0. The van der Waals surface area contributed by atoms with Crippen molar-refractivity contribution in [1.29, 1.82) is 0 Å². The number of ketones is 2. The van der Waals surface area contributed by atoms with E-state index in [2.05, 4.69) is 15.9 Å². The second-order valence-electron chi connectivity index (χ2n) is 13.8. The molecule has 0 bridgehead atoms. The molecular weight excluding hydrogens is 767 g/mol. The Morgan fingerprint density at radius 1 is 0.673 bits per heavy atom. The fourth-order valence-electron chi connectivity index (χ4n) is 5.92. The molecule has 0 aliphatic rings. The Balaban J connectivity index is 1.94.